The van der Waals surface area contributed by atoms with E-state index in [2.05, 4.69) is 15.6 Å². The van der Waals surface area contributed by atoms with Crippen LogP contribution < -0.4 is 15.4 Å². The van der Waals surface area contributed by atoms with Crippen LogP contribution in [0.5, 0.6) is 5.75 Å². The van der Waals surface area contributed by atoms with Crippen molar-refractivity contribution < 1.29 is 18.7 Å². The summed E-state index contributed by atoms with van der Waals surface area (Å²) in [5.41, 5.74) is -0.467. The predicted molar refractivity (Wildman–Crippen MR) is 98.8 cm³/mol. The minimum atomic E-state index is -1.18. The highest BCUT2D eigenvalue weighted by Crippen LogP contribution is 2.22. The standard InChI is InChI=1S/C19H26FN3O3/c1-5-21-18(22-11-14-7-8-16(25-4)15(20)10-14)23-12-19(3,24)17-9-6-13(2)26-17/h6-10,24H,5,11-12H2,1-4H3,(H2,21,22,23). The molecule has 7 heteroatoms. The van der Waals surface area contributed by atoms with Crippen molar-refractivity contribution in [1.29, 1.82) is 0 Å². The lowest BCUT2D eigenvalue weighted by molar-refractivity contribution is 0.0378. The molecule has 0 saturated heterocycles. The monoisotopic (exact) mass is 363 g/mol. The molecule has 0 aliphatic rings. The largest absolute Gasteiger partial charge is 0.494 e. The Morgan fingerprint density at radius 3 is 2.65 bits per heavy atom. The molecule has 0 bridgehead atoms. The maximum absolute atomic E-state index is 13.8. The minimum absolute atomic E-state index is 0.201. The molecule has 142 valence electrons. The van der Waals surface area contributed by atoms with E-state index in [1.807, 2.05) is 13.8 Å². The first-order chi connectivity index (χ1) is 12.4. The van der Waals surface area contributed by atoms with Gasteiger partial charge in [-0.05, 0) is 50.6 Å². The highest BCUT2D eigenvalue weighted by atomic mass is 19.1. The zero-order chi connectivity index (χ0) is 19.2. The van der Waals surface area contributed by atoms with Crippen LogP contribution in [0.2, 0.25) is 0 Å². The molecule has 0 fully saturated rings. The summed E-state index contributed by atoms with van der Waals surface area (Å²) in [5, 5.41) is 16.8. The van der Waals surface area contributed by atoms with Gasteiger partial charge in [0.2, 0.25) is 0 Å². The highest BCUT2D eigenvalue weighted by Gasteiger charge is 2.27. The van der Waals surface area contributed by atoms with E-state index >= 15 is 0 Å². The Balaban J connectivity index is 2.03. The van der Waals surface area contributed by atoms with Gasteiger partial charge in [0.15, 0.2) is 17.5 Å². The summed E-state index contributed by atoms with van der Waals surface area (Å²) < 4.78 is 24.2. The van der Waals surface area contributed by atoms with Crippen LogP contribution in [0, 0.1) is 12.7 Å². The van der Waals surface area contributed by atoms with E-state index in [4.69, 9.17) is 9.15 Å². The summed E-state index contributed by atoms with van der Waals surface area (Å²) in [7, 11) is 1.43. The van der Waals surface area contributed by atoms with E-state index in [0.717, 1.165) is 5.76 Å². The topological polar surface area (TPSA) is 79.0 Å². The maximum Gasteiger partial charge on any atom is 0.191 e. The van der Waals surface area contributed by atoms with Gasteiger partial charge in [-0.1, -0.05) is 6.07 Å². The van der Waals surface area contributed by atoms with E-state index in [-0.39, 0.29) is 18.8 Å². The second kappa shape index (κ2) is 8.71. The number of nitrogens with zero attached hydrogens (tertiary/aromatic N) is 1. The molecular weight excluding hydrogens is 337 g/mol. The molecule has 2 aromatic rings. The zero-order valence-electron chi connectivity index (χ0n) is 15.6. The van der Waals surface area contributed by atoms with Crippen molar-refractivity contribution in [3.8, 4) is 5.75 Å². The third-order valence-electron chi connectivity index (χ3n) is 3.85. The van der Waals surface area contributed by atoms with Crippen LogP contribution in [0.3, 0.4) is 0 Å². The number of furan rings is 1. The molecule has 0 saturated carbocycles. The molecule has 0 spiro atoms. The molecule has 26 heavy (non-hydrogen) atoms. The number of nitrogens with one attached hydrogen (secondary N) is 2. The van der Waals surface area contributed by atoms with Crippen LogP contribution >= 0.6 is 0 Å². The quantitative estimate of drug-likeness (QED) is 0.521. The highest BCUT2D eigenvalue weighted by molar-refractivity contribution is 5.79. The summed E-state index contributed by atoms with van der Waals surface area (Å²) in [4.78, 5) is 4.43. The first-order valence-electron chi connectivity index (χ1n) is 8.49. The van der Waals surface area contributed by atoms with Crippen LogP contribution in [-0.4, -0.2) is 31.3 Å². The van der Waals surface area contributed by atoms with Gasteiger partial charge in [0.25, 0.3) is 0 Å². The molecule has 1 aromatic carbocycles. The number of hydrogen-bond acceptors (Lipinski definition) is 4. The normalized spacial score (nSPS) is 14.0. The lowest BCUT2D eigenvalue weighted by Gasteiger charge is -2.22. The van der Waals surface area contributed by atoms with Gasteiger partial charge in [0, 0.05) is 6.54 Å². The number of rotatable bonds is 7. The van der Waals surface area contributed by atoms with Crippen molar-refractivity contribution in [2.24, 2.45) is 4.99 Å². The van der Waals surface area contributed by atoms with Crippen LogP contribution in [0.4, 0.5) is 4.39 Å². The molecule has 3 N–H and O–H groups in total. The summed E-state index contributed by atoms with van der Waals surface area (Å²) >= 11 is 0. The van der Waals surface area contributed by atoms with Crippen LogP contribution in [0.25, 0.3) is 0 Å². The van der Waals surface area contributed by atoms with Crippen molar-refractivity contribution in [2.75, 3.05) is 20.2 Å². The smallest absolute Gasteiger partial charge is 0.191 e. The van der Waals surface area contributed by atoms with Gasteiger partial charge in [-0.15, -0.1) is 0 Å². The van der Waals surface area contributed by atoms with Crippen molar-refractivity contribution in [3.63, 3.8) is 0 Å². The minimum Gasteiger partial charge on any atom is -0.494 e. The predicted octanol–water partition coefficient (Wildman–Crippen LogP) is 2.70. The number of aliphatic imine (C=N–C) groups is 1. The van der Waals surface area contributed by atoms with Gasteiger partial charge in [0.1, 0.15) is 17.1 Å². The van der Waals surface area contributed by atoms with Gasteiger partial charge in [-0.3, -0.25) is 0 Å². The Bertz CT molecular complexity index is 756. The van der Waals surface area contributed by atoms with Crippen molar-refractivity contribution >= 4 is 5.96 Å². The molecule has 0 aliphatic heterocycles. The fourth-order valence-corrected chi connectivity index (χ4v) is 2.39. The zero-order valence-corrected chi connectivity index (χ0v) is 15.6. The molecule has 1 atom stereocenters. The second-order valence-corrected chi connectivity index (χ2v) is 6.20. The number of methoxy groups -OCH3 is 1. The van der Waals surface area contributed by atoms with E-state index in [1.54, 1.807) is 31.2 Å². The molecule has 1 unspecified atom stereocenters. The fourth-order valence-electron chi connectivity index (χ4n) is 2.39. The number of halogens is 1. The van der Waals surface area contributed by atoms with Crippen LogP contribution in [0.15, 0.2) is 39.7 Å². The van der Waals surface area contributed by atoms with Crippen molar-refractivity contribution in [1.82, 2.24) is 10.6 Å². The molecule has 1 aromatic heterocycles. The number of ether oxygens (including phenoxy) is 1. The Hall–Kier alpha value is -2.54. The second-order valence-electron chi connectivity index (χ2n) is 6.20. The fraction of sp³-hybridized carbons (Fsp3) is 0.421. The van der Waals surface area contributed by atoms with Gasteiger partial charge in [-0.25, -0.2) is 9.38 Å². The third kappa shape index (κ3) is 5.23. The number of benzene rings is 1. The summed E-state index contributed by atoms with van der Waals surface area (Å²) in [6.07, 6.45) is 0. The summed E-state index contributed by atoms with van der Waals surface area (Å²) in [5.74, 6) is 1.52. The van der Waals surface area contributed by atoms with E-state index in [1.165, 1.54) is 13.2 Å². The van der Waals surface area contributed by atoms with E-state index in [9.17, 15) is 9.50 Å². The molecular formula is C19H26FN3O3. The Kier molecular flexibility index (Phi) is 6.63. The van der Waals surface area contributed by atoms with Crippen molar-refractivity contribution in [2.45, 2.75) is 32.9 Å². The number of aryl methyl sites for hydroxylation is 1. The van der Waals surface area contributed by atoms with Gasteiger partial charge < -0.3 is 24.9 Å². The van der Waals surface area contributed by atoms with Crippen LogP contribution in [-0.2, 0) is 12.1 Å². The number of hydrogen-bond donors (Lipinski definition) is 3. The Labute approximate surface area is 153 Å². The number of guanidine groups is 1. The molecule has 1 heterocycles. The molecule has 0 radical (unpaired) electrons. The average Bonchev–Trinajstić information content (AvgIpc) is 3.05. The molecule has 0 amide bonds. The van der Waals surface area contributed by atoms with Gasteiger partial charge in [-0.2, -0.15) is 0 Å². The first-order valence-corrected chi connectivity index (χ1v) is 8.49. The lowest BCUT2D eigenvalue weighted by Crippen LogP contribution is -2.44. The SMILES string of the molecule is CCNC(=NCc1ccc(OC)c(F)c1)NCC(C)(O)c1ccc(C)o1. The van der Waals surface area contributed by atoms with Crippen LogP contribution in [0.1, 0.15) is 30.9 Å². The summed E-state index contributed by atoms with van der Waals surface area (Å²) in [6.45, 7) is 6.59. The third-order valence-corrected chi connectivity index (χ3v) is 3.85. The van der Waals surface area contributed by atoms with Gasteiger partial charge >= 0.3 is 0 Å². The Morgan fingerprint density at radius 2 is 2.08 bits per heavy atom. The van der Waals surface area contributed by atoms with Crippen molar-refractivity contribution in [3.05, 3.63) is 53.2 Å². The van der Waals surface area contributed by atoms with E-state index in [0.29, 0.717) is 23.8 Å². The first kappa shape index (κ1) is 19.8. The van der Waals surface area contributed by atoms with Gasteiger partial charge in [0.05, 0.1) is 20.2 Å². The number of aliphatic hydroxyl groups is 1. The van der Waals surface area contributed by atoms with E-state index < -0.39 is 11.4 Å². The average molecular weight is 363 g/mol. The Morgan fingerprint density at radius 1 is 1.31 bits per heavy atom. The molecule has 0 aliphatic carbocycles. The molecule has 6 nitrogen and oxygen atoms in total. The summed E-state index contributed by atoms with van der Waals surface area (Å²) in [6, 6.07) is 8.29. The lowest BCUT2D eigenvalue weighted by atomic mass is 10.0. The molecule has 2 rings (SSSR count). The maximum atomic E-state index is 13.8.